The van der Waals surface area contributed by atoms with Gasteiger partial charge in [-0.3, -0.25) is 14.2 Å². The topological polar surface area (TPSA) is 80.6 Å². The molecule has 2 fully saturated rings. The molecular formula is C26H26N2O4S2. The van der Waals surface area contributed by atoms with Gasteiger partial charge in [0.15, 0.2) is 0 Å². The number of amides is 1. The summed E-state index contributed by atoms with van der Waals surface area (Å²) in [7, 11) is 1.71. The molecule has 6 nitrogen and oxygen atoms in total. The number of thiazole rings is 1. The third kappa shape index (κ3) is 3.55. The quantitative estimate of drug-likeness (QED) is 0.493. The lowest BCUT2D eigenvalue weighted by molar-refractivity contribution is -0.116. The summed E-state index contributed by atoms with van der Waals surface area (Å²) >= 11 is 3.10. The van der Waals surface area contributed by atoms with Crippen molar-refractivity contribution in [3.63, 3.8) is 0 Å². The van der Waals surface area contributed by atoms with E-state index in [0.29, 0.717) is 28.7 Å². The second-order valence-corrected chi connectivity index (χ2v) is 11.6. The predicted octanol–water partition coefficient (Wildman–Crippen LogP) is 4.92. The van der Waals surface area contributed by atoms with Crippen molar-refractivity contribution in [2.45, 2.75) is 42.0 Å². The fourth-order valence-corrected chi connectivity index (χ4v) is 9.39. The maximum Gasteiger partial charge on any atom is 0.308 e. The number of methoxy groups -OCH3 is 1. The van der Waals surface area contributed by atoms with Crippen molar-refractivity contribution < 1.29 is 14.6 Å². The Hall–Kier alpha value is -2.71. The van der Waals surface area contributed by atoms with E-state index in [0.717, 1.165) is 21.2 Å². The van der Waals surface area contributed by atoms with E-state index in [4.69, 9.17) is 4.74 Å². The SMILES string of the molecule is COc1ccccc1C1c2sc(=O)n(CC(=O)Nc3ccc(O)cc3)c2SC2C3CCC(C3)C12. The minimum Gasteiger partial charge on any atom is -0.508 e. The fraction of sp³-hybridized carbons (Fsp3) is 0.385. The molecule has 5 unspecified atom stereocenters. The number of carbonyl (C=O) groups is 1. The molecule has 0 saturated heterocycles. The maximum absolute atomic E-state index is 13.2. The van der Waals surface area contributed by atoms with E-state index in [1.807, 2.05) is 30.0 Å². The summed E-state index contributed by atoms with van der Waals surface area (Å²) < 4.78 is 7.41. The Bertz CT molecular complexity index is 1300. The van der Waals surface area contributed by atoms with E-state index < -0.39 is 0 Å². The number of aromatic nitrogens is 1. The molecule has 5 atom stereocenters. The zero-order chi connectivity index (χ0) is 23.4. The Balaban J connectivity index is 1.38. The summed E-state index contributed by atoms with van der Waals surface area (Å²) in [6.07, 6.45) is 3.77. The molecule has 1 aliphatic heterocycles. The van der Waals surface area contributed by atoms with Crippen LogP contribution in [0.5, 0.6) is 11.5 Å². The smallest absolute Gasteiger partial charge is 0.308 e. The Labute approximate surface area is 206 Å². The van der Waals surface area contributed by atoms with Gasteiger partial charge >= 0.3 is 4.87 Å². The largest absolute Gasteiger partial charge is 0.508 e. The lowest BCUT2D eigenvalue weighted by Gasteiger charge is -2.40. The molecule has 2 N–H and O–H groups in total. The van der Waals surface area contributed by atoms with Gasteiger partial charge in [-0.2, -0.15) is 0 Å². The Morgan fingerprint density at radius 2 is 1.91 bits per heavy atom. The molecular weight excluding hydrogens is 468 g/mol. The third-order valence-corrected chi connectivity index (χ3v) is 10.4. The summed E-state index contributed by atoms with van der Waals surface area (Å²) in [5.74, 6) is 2.70. The molecule has 6 rings (SSSR count). The van der Waals surface area contributed by atoms with E-state index in [2.05, 4.69) is 11.4 Å². The van der Waals surface area contributed by atoms with Crippen molar-refractivity contribution in [2.24, 2.45) is 17.8 Å². The van der Waals surface area contributed by atoms with Gasteiger partial charge in [-0.15, -0.1) is 11.8 Å². The van der Waals surface area contributed by atoms with Gasteiger partial charge in [0.05, 0.1) is 12.1 Å². The first-order chi connectivity index (χ1) is 16.5. The highest BCUT2D eigenvalue weighted by Gasteiger charge is 2.55. The average Bonchev–Trinajstić information content (AvgIpc) is 3.54. The number of para-hydroxylation sites is 1. The zero-order valence-electron chi connectivity index (χ0n) is 18.8. The number of hydrogen-bond donors (Lipinski definition) is 2. The van der Waals surface area contributed by atoms with Crippen LogP contribution in [0.25, 0.3) is 0 Å². The number of thioether (sulfide) groups is 1. The summed E-state index contributed by atoms with van der Waals surface area (Å²) in [6.45, 7) is -0.0251. The van der Waals surface area contributed by atoms with Crippen LogP contribution in [0, 0.1) is 17.8 Å². The predicted molar refractivity (Wildman–Crippen MR) is 134 cm³/mol. The van der Waals surface area contributed by atoms with E-state index in [1.165, 1.54) is 42.7 Å². The third-order valence-electron chi connectivity index (χ3n) is 7.62. The van der Waals surface area contributed by atoms with Gasteiger partial charge in [0.25, 0.3) is 0 Å². The molecule has 34 heavy (non-hydrogen) atoms. The molecule has 2 heterocycles. The second kappa shape index (κ2) is 8.50. The Morgan fingerprint density at radius 1 is 1.15 bits per heavy atom. The minimum absolute atomic E-state index is 0.0251. The molecule has 2 aliphatic carbocycles. The molecule has 0 radical (unpaired) electrons. The van der Waals surface area contributed by atoms with Crippen molar-refractivity contribution in [3.8, 4) is 11.5 Å². The van der Waals surface area contributed by atoms with Crippen LogP contribution in [-0.4, -0.2) is 27.9 Å². The number of benzene rings is 2. The van der Waals surface area contributed by atoms with Crippen LogP contribution >= 0.6 is 23.1 Å². The monoisotopic (exact) mass is 494 g/mol. The second-order valence-electron chi connectivity index (χ2n) is 9.43. The number of phenolic OH excluding ortho intramolecular Hbond substituents is 1. The maximum atomic E-state index is 13.2. The molecule has 1 amide bonds. The number of nitrogens with one attached hydrogen (secondary N) is 1. The standard InChI is InChI=1S/C26H26N2O4S2/c1-32-19-5-3-2-4-18(19)22-21-14-6-7-15(12-14)23(21)33-25-24(22)34-26(31)28(25)13-20(30)27-16-8-10-17(29)11-9-16/h2-5,8-11,14-15,21-23,29H,6-7,12-13H2,1H3,(H,27,30). The van der Waals surface area contributed by atoms with Crippen LogP contribution < -0.4 is 14.9 Å². The van der Waals surface area contributed by atoms with Gasteiger partial charge in [0.1, 0.15) is 18.0 Å². The molecule has 2 saturated carbocycles. The first kappa shape index (κ1) is 21.8. The summed E-state index contributed by atoms with van der Waals surface area (Å²) in [6, 6.07) is 14.5. The van der Waals surface area contributed by atoms with E-state index in [-0.39, 0.29) is 29.0 Å². The fourth-order valence-electron chi connectivity index (χ4n) is 6.25. The molecule has 1 aromatic heterocycles. The van der Waals surface area contributed by atoms with E-state index >= 15 is 0 Å². The number of nitrogens with zero attached hydrogens (tertiary/aromatic N) is 1. The normalized spacial score (nSPS) is 26.7. The van der Waals surface area contributed by atoms with Crippen LogP contribution in [0.4, 0.5) is 5.69 Å². The summed E-state index contributed by atoms with van der Waals surface area (Å²) in [5.41, 5.74) is 1.74. The highest BCUT2D eigenvalue weighted by atomic mass is 32.2. The highest BCUT2D eigenvalue weighted by molar-refractivity contribution is 8.00. The van der Waals surface area contributed by atoms with Gasteiger partial charge in [0, 0.05) is 27.3 Å². The lowest BCUT2D eigenvalue weighted by atomic mass is 9.74. The van der Waals surface area contributed by atoms with Gasteiger partial charge in [-0.1, -0.05) is 29.5 Å². The zero-order valence-corrected chi connectivity index (χ0v) is 20.4. The van der Waals surface area contributed by atoms with Gasteiger partial charge in [-0.25, -0.2) is 0 Å². The van der Waals surface area contributed by atoms with Crippen molar-refractivity contribution >= 4 is 34.7 Å². The number of anilines is 1. The molecule has 0 spiro atoms. The molecule has 2 aromatic carbocycles. The van der Waals surface area contributed by atoms with Crippen LogP contribution in [0.3, 0.4) is 0 Å². The van der Waals surface area contributed by atoms with Gasteiger partial charge in [-0.05, 0) is 67.3 Å². The highest BCUT2D eigenvalue weighted by Crippen LogP contribution is 2.64. The van der Waals surface area contributed by atoms with E-state index in [9.17, 15) is 14.7 Å². The molecule has 3 aliphatic rings. The minimum atomic E-state index is -0.252. The number of hydrogen-bond acceptors (Lipinski definition) is 6. The number of ether oxygens (including phenoxy) is 1. The number of aromatic hydroxyl groups is 1. The summed E-state index contributed by atoms with van der Waals surface area (Å²) in [4.78, 5) is 27.0. The van der Waals surface area contributed by atoms with Crippen molar-refractivity contribution in [1.29, 1.82) is 0 Å². The first-order valence-corrected chi connectivity index (χ1v) is 13.3. The number of fused-ring (bicyclic) bond motifs is 6. The first-order valence-electron chi connectivity index (χ1n) is 11.7. The van der Waals surface area contributed by atoms with Crippen molar-refractivity contribution in [3.05, 3.63) is 68.6 Å². The number of rotatable bonds is 5. The molecule has 176 valence electrons. The van der Waals surface area contributed by atoms with Crippen LogP contribution in [0.1, 0.15) is 35.6 Å². The molecule has 8 heteroatoms. The average molecular weight is 495 g/mol. The number of carbonyl (C=O) groups excluding carboxylic acids is 1. The van der Waals surface area contributed by atoms with E-state index in [1.54, 1.807) is 23.8 Å². The van der Waals surface area contributed by atoms with Gasteiger partial charge < -0.3 is 15.2 Å². The Morgan fingerprint density at radius 3 is 2.71 bits per heavy atom. The summed E-state index contributed by atoms with van der Waals surface area (Å²) in [5, 5.41) is 13.7. The molecule has 2 bridgehead atoms. The van der Waals surface area contributed by atoms with Crippen LogP contribution in [-0.2, 0) is 11.3 Å². The Kier molecular flexibility index (Phi) is 5.45. The van der Waals surface area contributed by atoms with Crippen molar-refractivity contribution in [2.75, 3.05) is 12.4 Å². The van der Waals surface area contributed by atoms with Crippen LogP contribution in [0.15, 0.2) is 58.4 Å². The van der Waals surface area contributed by atoms with Crippen molar-refractivity contribution in [1.82, 2.24) is 4.57 Å². The lowest BCUT2D eigenvalue weighted by Crippen LogP contribution is -2.35. The van der Waals surface area contributed by atoms with Gasteiger partial charge in [0.2, 0.25) is 5.91 Å². The number of phenols is 1. The van der Waals surface area contributed by atoms with Crippen LogP contribution in [0.2, 0.25) is 0 Å². The molecule has 3 aromatic rings.